The minimum atomic E-state index is -0.885. The van der Waals surface area contributed by atoms with E-state index in [1.54, 1.807) is 18.0 Å². The number of ether oxygens (including phenoxy) is 1. The standard InChI is InChI=1S/C17H21N3O4/c1-2-24-17(23)20-9-7-19(8-10-20)15(16(21)22)13-11-18-14-6-4-3-5-12(13)14/h3-6,11,15,18H,2,7-10H2,1H3,(H,21,22)/t15-/m1/s1. The number of H-pyrrole nitrogens is 1. The maximum Gasteiger partial charge on any atom is 0.409 e. The van der Waals surface area contributed by atoms with E-state index in [0.29, 0.717) is 32.8 Å². The molecule has 7 nitrogen and oxygen atoms in total. The van der Waals surface area contributed by atoms with E-state index in [1.165, 1.54) is 0 Å². The molecular weight excluding hydrogens is 310 g/mol. The SMILES string of the molecule is CCOC(=O)N1CCN([C@@H](C(=O)O)c2c[nH]c3ccccc23)CC1. The largest absolute Gasteiger partial charge is 0.480 e. The number of carboxylic acid groups (broad SMARTS) is 1. The third-order valence-electron chi connectivity index (χ3n) is 4.36. The van der Waals surface area contributed by atoms with Crippen LogP contribution < -0.4 is 0 Å². The molecule has 0 unspecified atom stereocenters. The van der Waals surface area contributed by atoms with Crippen LogP contribution in [0.5, 0.6) is 0 Å². The highest BCUT2D eigenvalue weighted by Gasteiger charge is 2.33. The number of aliphatic carboxylic acids is 1. The van der Waals surface area contributed by atoms with Crippen molar-refractivity contribution in [1.29, 1.82) is 0 Å². The number of aromatic nitrogens is 1. The number of para-hydroxylation sites is 1. The molecule has 3 rings (SSSR count). The Hall–Kier alpha value is -2.54. The highest BCUT2D eigenvalue weighted by Crippen LogP contribution is 2.29. The van der Waals surface area contributed by atoms with Crippen molar-refractivity contribution in [2.45, 2.75) is 13.0 Å². The number of carboxylic acids is 1. The number of nitrogens with zero attached hydrogens (tertiary/aromatic N) is 2. The zero-order chi connectivity index (χ0) is 17.1. The van der Waals surface area contributed by atoms with Gasteiger partial charge in [0.1, 0.15) is 6.04 Å². The first kappa shape index (κ1) is 16.3. The van der Waals surface area contributed by atoms with Crippen LogP contribution in [-0.2, 0) is 9.53 Å². The summed E-state index contributed by atoms with van der Waals surface area (Å²) in [6, 6.07) is 6.93. The van der Waals surface area contributed by atoms with Gasteiger partial charge in [-0.2, -0.15) is 0 Å². The molecular formula is C17H21N3O4. The Morgan fingerprint density at radius 3 is 2.62 bits per heavy atom. The molecule has 0 bridgehead atoms. The summed E-state index contributed by atoms with van der Waals surface area (Å²) in [4.78, 5) is 30.3. The molecule has 2 heterocycles. The van der Waals surface area contributed by atoms with Gasteiger partial charge in [-0.25, -0.2) is 4.79 Å². The van der Waals surface area contributed by atoms with Crippen LogP contribution in [0.25, 0.3) is 10.9 Å². The van der Waals surface area contributed by atoms with Crippen LogP contribution in [0, 0.1) is 0 Å². The van der Waals surface area contributed by atoms with Crippen LogP contribution in [0.15, 0.2) is 30.5 Å². The number of carbonyl (C=O) groups excluding carboxylic acids is 1. The van der Waals surface area contributed by atoms with E-state index in [2.05, 4.69) is 4.98 Å². The fourth-order valence-electron chi connectivity index (χ4n) is 3.18. The molecule has 24 heavy (non-hydrogen) atoms. The van der Waals surface area contributed by atoms with Gasteiger partial charge in [0.05, 0.1) is 6.61 Å². The first-order valence-electron chi connectivity index (χ1n) is 8.06. The minimum Gasteiger partial charge on any atom is -0.480 e. The molecule has 1 fully saturated rings. The van der Waals surface area contributed by atoms with E-state index in [1.807, 2.05) is 29.2 Å². The summed E-state index contributed by atoms with van der Waals surface area (Å²) in [6.07, 6.45) is 1.43. The predicted molar refractivity (Wildman–Crippen MR) is 88.8 cm³/mol. The van der Waals surface area contributed by atoms with Gasteiger partial charge in [-0.15, -0.1) is 0 Å². The van der Waals surface area contributed by atoms with Crippen LogP contribution in [0.1, 0.15) is 18.5 Å². The normalized spacial score (nSPS) is 17.0. The Morgan fingerprint density at radius 1 is 1.25 bits per heavy atom. The Bertz CT molecular complexity index is 734. The van der Waals surface area contributed by atoms with Gasteiger partial charge < -0.3 is 19.7 Å². The van der Waals surface area contributed by atoms with Crippen LogP contribution in [0.4, 0.5) is 4.79 Å². The number of carbonyl (C=O) groups is 2. The highest BCUT2D eigenvalue weighted by atomic mass is 16.6. The monoisotopic (exact) mass is 331 g/mol. The average molecular weight is 331 g/mol. The number of hydrogen-bond acceptors (Lipinski definition) is 4. The fourth-order valence-corrected chi connectivity index (χ4v) is 3.18. The van der Waals surface area contributed by atoms with Gasteiger partial charge in [0, 0.05) is 48.8 Å². The molecule has 1 aliphatic heterocycles. The van der Waals surface area contributed by atoms with Crippen molar-refractivity contribution in [2.75, 3.05) is 32.8 Å². The molecule has 0 spiro atoms. The molecule has 1 amide bonds. The molecule has 128 valence electrons. The number of benzene rings is 1. The summed E-state index contributed by atoms with van der Waals surface area (Å²) in [5.74, 6) is -0.885. The van der Waals surface area contributed by atoms with Crippen molar-refractivity contribution in [3.05, 3.63) is 36.0 Å². The Labute approximate surface area is 139 Å². The van der Waals surface area contributed by atoms with Gasteiger partial charge in [-0.3, -0.25) is 9.69 Å². The summed E-state index contributed by atoms with van der Waals surface area (Å²) >= 11 is 0. The number of fused-ring (bicyclic) bond motifs is 1. The summed E-state index contributed by atoms with van der Waals surface area (Å²) < 4.78 is 5.00. The average Bonchev–Trinajstić information content (AvgIpc) is 3.00. The van der Waals surface area contributed by atoms with Crippen molar-refractivity contribution < 1.29 is 19.4 Å². The Balaban J connectivity index is 1.78. The first-order valence-corrected chi connectivity index (χ1v) is 8.06. The van der Waals surface area contributed by atoms with Crippen molar-refractivity contribution in [3.63, 3.8) is 0 Å². The van der Waals surface area contributed by atoms with E-state index < -0.39 is 12.0 Å². The zero-order valence-electron chi connectivity index (χ0n) is 13.6. The van der Waals surface area contributed by atoms with Crippen LogP contribution in [0.2, 0.25) is 0 Å². The van der Waals surface area contributed by atoms with E-state index in [9.17, 15) is 14.7 Å². The van der Waals surface area contributed by atoms with E-state index >= 15 is 0 Å². The van der Waals surface area contributed by atoms with Crippen LogP contribution in [0.3, 0.4) is 0 Å². The lowest BCUT2D eigenvalue weighted by Gasteiger charge is -2.37. The van der Waals surface area contributed by atoms with Gasteiger partial charge >= 0.3 is 12.1 Å². The number of amides is 1. The van der Waals surface area contributed by atoms with Crippen molar-refractivity contribution in [1.82, 2.24) is 14.8 Å². The molecule has 0 saturated carbocycles. The minimum absolute atomic E-state index is 0.337. The summed E-state index contributed by atoms with van der Waals surface area (Å²) in [6.45, 7) is 4.03. The second-order valence-corrected chi connectivity index (χ2v) is 5.75. The third-order valence-corrected chi connectivity index (χ3v) is 4.36. The molecule has 1 atom stereocenters. The van der Waals surface area contributed by atoms with Crippen molar-refractivity contribution >= 4 is 23.0 Å². The number of hydrogen-bond donors (Lipinski definition) is 2. The smallest absolute Gasteiger partial charge is 0.409 e. The molecule has 1 aromatic carbocycles. The van der Waals surface area contributed by atoms with Gasteiger partial charge in [-0.1, -0.05) is 18.2 Å². The van der Waals surface area contributed by atoms with Gasteiger partial charge in [0.15, 0.2) is 0 Å². The molecule has 1 saturated heterocycles. The predicted octanol–water partition coefficient (Wildman–Crippen LogP) is 2.07. The lowest BCUT2D eigenvalue weighted by Crippen LogP contribution is -2.51. The molecule has 7 heteroatoms. The number of piperazine rings is 1. The lowest BCUT2D eigenvalue weighted by atomic mass is 10.0. The first-order chi connectivity index (χ1) is 11.6. The lowest BCUT2D eigenvalue weighted by molar-refractivity contribution is -0.144. The second kappa shape index (κ2) is 6.92. The van der Waals surface area contributed by atoms with Gasteiger partial charge in [0.25, 0.3) is 0 Å². The summed E-state index contributed by atoms with van der Waals surface area (Å²) in [7, 11) is 0. The molecule has 1 aromatic heterocycles. The Kier molecular flexibility index (Phi) is 4.71. The van der Waals surface area contributed by atoms with Gasteiger partial charge in [-0.05, 0) is 13.0 Å². The maximum atomic E-state index is 11.9. The Morgan fingerprint density at radius 2 is 1.96 bits per heavy atom. The van der Waals surface area contributed by atoms with E-state index in [4.69, 9.17) is 4.74 Å². The second-order valence-electron chi connectivity index (χ2n) is 5.75. The molecule has 1 aliphatic rings. The summed E-state index contributed by atoms with van der Waals surface area (Å²) in [5, 5.41) is 10.7. The highest BCUT2D eigenvalue weighted by molar-refractivity contribution is 5.89. The van der Waals surface area contributed by atoms with Crippen LogP contribution in [-0.4, -0.2) is 64.7 Å². The maximum absolute atomic E-state index is 11.9. The van der Waals surface area contributed by atoms with Crippen molar-refractivity contribution in [3.8, 4) is 0 Å². The van der Waals surface area contributed by atoms with E-state index in [-0.39, 0.29) is 6.09 Å². The van der Waals surface area contributed by atoms with E-state index in [0.717, 1.165) is 16.5 Å². The molecule has 2 aromatic rings. The summed E-state index contributed by atoms with van der Waals surface area (Å²) in [5.41, 5.74) is 1.67. The number of rotatable bonds is 4. The third kappa shape index (κ3) is 3.07. The van der Waals surface area contributed by atoms with Crippen LogP contribution >= 0.6 is 0 Å². The zero-order valence-corrected chi connectivity index (χ0v) is 13.6. The number of aromatic amines is 1. The van der Waals surface area contributed by atoms with Gasteiger partial charge in [0.2, 0.25) is 0 Å². The molecule has 0 aliphatic carbocycles. The molecule has 0 radical (unpaired) electrons. The fraction of sp³-hybridized carbons (Fsp3) is 0.412. The topological polar surface area (TPSA) is 85.9 Å². The quantitative estimate of drug-likeness (QED) is 0.896. The number of nitrogens with one attached hydrogen (secondary N) is 1. The molecule has 2 N–H and O–H groups in total. The van der Waals surface area contributed by atoms with Crippen molar-refractivity contribution in [2.24, 2.45) is 0 Å².